The average molecular weight is 409 g/mol. The van der Waals surface area contributed by atoms with E-state index < -0.39 is 11.7 Å². The van der Waals surface area contributed by atoms with E-state index in [2.05, 4.69) is 10.1 Å². The Bertz CT molecular complexity index is 903. The third kappa shape index (κ3) is 4.12. The summed E-state index contributed by atoms with van der Waals surface area (Å²) in [4.78, 5) is 30.8. The molecule has 0 aliphatic heterocycles. The van der Waals surface area contributed by atoms with Gasteiger partial charge in [0.25, 0.3) is 0 Å². The molecule has 0 saturated heterocycles. The molecule has 9 heteroatoms. The fourth-order valence-corrected chi connectivity index (χ4v) is 3.39. The van der Waals surface area contributed by atoms with Crippen LogP contribution in [0.1, 0.15) is 50.4 Å². The molecular weight excluding hydrogens is 384 g/mol. The van der Waals surface area contributed by atoms with Crippen LogP contribution in [0.3, 0.4) is 0 Å². The van der Waals surface area contributed by atoms with E-state index in [4.69, 9.17) is 21.1 Å². The highest BCUT2D eigenvalue weighted by Gasteiger charge is 2.33. The molecule has 0 spiro atoms. The molecule has 2 atom stereocenters. The number of fused-ring (bicyclic) bond motifs is 1. The van der Waals surface area contributed by atoms with Crippen LogP contribution in [-0.2, 0) is 9.47 Å². The number of ether oxygens (including phenoxy) is 2. The summed E-state index contributed by atoms with van der Waals surface area (Å²) in [5.74, 6) is 0.500. The van der Waals surface area contributed by atoms with Crippen molar-refractivity contribution in [1.82, 2.24) is 14.6 Å². The highest BCUT2D eigenvalue weighted by molar-refractivity contribution is 6.30. The topological polar surface area (TPSA) is 86.0 Å². The number of carbonyl (C=O) groups is 2. The summed E-state index contributed by atoms with van der Waals surface area (Å²) >= 11 is 6.17. The van der Waals surface area contributed by atoms with Crippen molar-refractivity contribution in [2.24, 2.45) is 5.92 Å². The second kappa shape index (κ2) is 7.67. The summed E-state index contributed by atoms with van der Waals surface area (Å²) in [6.07, 6.45) is 3.33. The smallest absolute Gasteiger partial charge is 0.415 e. The van der Waals surface area contributed by atoms with Gasteiger partial charge in [0.1, 0.15) is 16.6 Å². The molecule has 2 aromatic heterocycles. The third-order valence-electron chi connectivity index (χ3n) is 4.83. The second-order valence-corrected chi connectivity index (χ2v) is 8.40. The number of ketones is 1. The first-order valence-electron chi connectivity index (χ1n) is 9.17. The van der Waals surface area contributed by atoms with Gasteiger partial charge >= 0.3 is 6.09 Å². The Kier molecular flexibility index (Phi) is 5.63. The van der Waals surface area contributed by atoms with Crippen LogP contribution in [0.2, 0.25) is 5.15 Å². The summed E-state index contributed by atoms with van der Waals surface area (Å²) in [6, 6.07) is 1.51. The fraction of sp³-hybridized carbons (Fsp3) is 0.579. The van der Waals surface area contributed by atoms with Crippen LogP contribution in [0.4, 0.5) is 10.6 Å². The summed E-state index contributed by atoms with van der Waals surface area (Å²) in [7, 11) is 3.22. The average Bonchev–Trinajstić information content (AvgIpc) is 2.99. The van der Waals surface area contributed by atoms with Crippen LogP contribution in [0, 0.1) is 5.92 Å². The number of carbonyl (C=O) groups excluding carboxylic acids is 2. The zero-order valence-corrected chi connectivity index (χ0v) is 17.5. The molecule has 0 radical (unpaired) electrons. The van der Waals surface area contributed by atoms with Gasteiger partial charge in [-0.3, -0.25) is 9.69 Å². The molecule has 28 heavy (non-hydrogen) atoms. The van der Waals surface area contributed by atoms with Gasteiger partial charge in [0.15, 0.2) is 11.4 Å². The zero-order valence-electron chi connectivity index (χ0n) is 16.7. The van der Waals surface area contributed by atoms with E-state index in [9.17, 15) is 9.59 Å². The maximum Gasteiger partial charge on any atom is 0.415 e. The van der Waals surface area contributed by atoms with Crippen LogP contribution in [0.25, 0.3) is 5.65 Å². The van der Waals surface area contributed by atoms with Gasteiger partial charge in [0, 0.05) is 26.6 Å². The molecule has 2 aromatic rings. The fourth-order valence-electron chi connectivity index (χ4n) is 3.21. The molecule has 0 bridgehead atoms. The van der Waals surface area contributed by atoms with Gasteiger partial charge in [-0.15, -0.1) is 0 Å². The molecule has 1 aliphatic rings. The Morgan fingerprint density at radius 1 is 1.36 bits per heavy atom. The predicted molar refractivity (Wildman–Crippen MR) is 105 cm³/mol. The van der Waals surface area contributed by atoms with Crippen molar-refractivity contribution in [2.75, 3.05) is 19.1 Å². The first-order chi connectivity index (χ1) is 13.1. The van der Waals surface area contributed by atoms with Gasteiger partial charge in [0.2, 0.25) is 0 Å². The Labute approximate surface area is 168 Å². The van der Waals surface area contributed by atoms with Crippen LogP contribution in [0.15, 0.2) is 12.3 Å². The molecule has 8 nitrogen and oxygen atoms in total. The third-order valence-corrected chi connectivity index (χ3v) is 5.02. The number of nitrogens with zero attached hydrogens (tertiary/aromatic N) is 4. The number of amides is 1. The predicted octanol–water partition coefficient (Wildman–Crippen LogP) is 3.75. The number of methoxy groups -OCH3 is 1. The number of aromatic nitrogens is 3. The highest BCUT2D eigenvalue weighted by Crippen LogP contribution is 2.34. The number of Topliss-reactive ketones (excluding diaryl/α,β-unsaturated/α-hetero) is 1. The quantitative estimate of drug-likeness (QED) is 0.553. The van der Waals surface area contributed by atoms with E-state index in [1.54, 1.807) is 34.9 Å². The van der Waals surface area contributed by atoms with Crippen molar-refractivity contribution < 1.29 is 19.1 Å². The van der Waals surface area contributed by atoms with Crippen LogP contribution >= 0.6 is 11.6 Å². The normalized spacial score (nSPS) is 19.4. The van der Waals surface area contributed by atoms with Crippen molar-refractivity contribution >= 4 is 34.9 Å². The molecule has 0 unspecified atom stereocenters. The van der Waals surface area contributed by atoms with E-state index >= 15 is 0 Å². The van der Waals surface area contributed by atoms with Crippen molar-refractivity contribution in [3.05, 3.63) is 23.0 Å². The maximum absolute atomic E-state index is 12.8. The van der Waals surface area contributed by atoms with Gasteiger partial charge < -0.3 is 9.47 Å². The Morgan fingerprint density at radius 2 is 2.07 bits per heavy atom. The summed E-state index contributed by atoms with van der Waals surface area (Å²) in [5, 5.41) is 4.42. The minimum Gasteiger partial charge on any atom is -0.443 e. The van der Waals surface area contributed by atoms with Crippen molar-refractivity contribution in [3.8, 4) is 0 Å². The lowest BCUT2D eigenvalue weighted by Crippen LogP contribution is -2.35. The highest BCUT2D eigenvalue weighted by atomic mass is 35.5. The van der Waals surface area contributed by atoms with E-state index in [0.717, 1.165) is 12.8 Å². The second-order valence-electron chi connectivity index (χ2n) is 8.01. The standard InChI is InChI=1S/C19H25ClN4O4/c1-19(2,3)28-18(26)23(4)16-9-15(20)22-17-12(10-21-24(16)17)13(25)8-11-6-7-14(11)27-5/h9-11,14H,6-8H2,1-5H3/t11-,14+/m0/s1. The SMILES string of the molecule is CO[C@@H]1CC[C@H]1CC(=O)c1cnn2c(N(C)C(=O)OC(C)(C)C)cc(Cl)nc12. The Morgan fingerprint density at radius 3 is 2.64 bits per heavy atom. The largest absolute Gasteiger partial charge is 0.443 e. The number of halogens is 1. The summed E-state index contributed by atoms with van der Waals surface area (Å²) < 4.78 is 12.2. The van der Waals surface area contributed by atoms with Crippen molar-refractivity contribution in [2.45, 2.75) is 51.7 Å². The van der Waals surface area contributed by atoms with E-state index in [0.29, 0.717) is 23.4 Å². The number of anilines is 1. The molecule has 1 saturated carbocycles. The minimum atomic E-state index is -0.646. The maximum atomic E-state index is 12.8. The molecule has 0 aromatic carbocycles. The molecule has 1 fully saturated rings. The minimum absolute atomic E-state index is 0.0672. The summed E-state index contributed by atoms with van der Waals surface area (Å²) in [5.41, 5.74) is 0.0481. The van der Waals surface area contributed by atoms with Gasteiger partial charge in [-0.05, 0) is 39.5 Å². The molecule has 1 amide bonds. The monoisotopic (exact) mass is 408 g/mol. The van der Waals surface area contributed by atoms with Gasteiger partial charge in [-0.1, -0.05) is 11.6 Å². The number of rotatable bonds is 5. The first-order valence-corrected chi connectivity index (χ1v) is 9.55. The molecular formula is C19H25ClN4O4. The summed E-state index contributed by atoms with van der Waals surface area (Å²) in [6.45, 7) is 5.35. The lowest BCUT2D eigenvalue weighted by atomic mass is 9.78. The van der Waals surface area contributed by atoms with Crippen LogP contribution in [0.5, 0.6) is 0 Å². The Hall–Kier alpha value is -2.19. The number of hydrogen-bond acceptors (Lipinski definition) is 6. The molecule has 152 valence electrons. The van der Waals surface area contributed by atoms with Crippen LogP contribution in [-0.4, -0.2) is 52.3 Å². The Balaban J connectivity index is 1.90. The van der Waals surface area contributed by atoms with E-state index in [-0.39, 0.29) is 23.0 Å². The van der Waals surface area contributed by atoms with Gasteiger partial charge in [-0.2, -0.15) is 9.61 Å². The van der Waals surface area contributed by atoms with Crippen molar-refractivity contribution in [1.29, 1.82) is 0 Å². The number of hydrogen-bond donors (Lipinski definition) is 0. The lowest BCUT2D eigenvalue weighted by molar-refractivity contribution is -0.0171. The zero-order chi connectivity index (χ0) is 20.6. The van der Waals surface area contributed by atoms with E-state index in [1.165, 1.54) is 21.7 Å². The van der Waals surface area contributed by atoms with Crippen molar-refractivity contribution in [3.63, 3.8) is 0 Å². The lowest BCUT2D eigenvalue weighted by Gasteiger charge is -2.34. The van der Waals surface area contributed by atoms with Gasteiger partial charge in [0.05, 0.1) is 17.9 Å². The molecule has 1 aliphatic carbocycles. The van der Waals surface area contributed by atoms with Crippen LogP contribution < -0.4 is 4.90 Å². The molecule has 3 rings (SSSR count). The van der Waals surface area contributed by atoms with E-state index in [1.807, 2.05) is 0 Å². The first kappa shape index (κ1) is 20.5. The molecule has 0 N–H and O–H groups in total. The molecule has 2 heterocycles. The van der Waals surface area contributed by atoms with Gasteiger partial charge in [-0.25, -0.2) is 9.78 Å².